The highest BCUT2D eigenvalue weighted by Gasteiger charge is 2.13. The van der Waals surface area contributed by atoms with E-state index in [-0.39, 0.29) is 5.82 Å². The third kappa shape index (κ3) is 1.29. The van der Waals surface area contributed by atoms with Gasteiger partial charge in [0.15, 0.2) is 0 Å². The molecule has 0 aliphatic carbocycles. The van der Waals surface area contributed by atoms with E-state index in [1.165, 1.54) is 11.6 Å². The highest BCUT2D eigenvalue weighted by Crippen LogP contribution is 2.24. The molecule has 0 amide bonds. The van der Waals surface area contributed by atoms with Crippen LogP contribution in [0, 0.1) is 5.82 Å². The number of hydrogen-bond acceptors (Lipinski definition) is 1. The maximum absolute atomic E-state index is 12.8. The molecule has 64 valence electrons. The molecule has 1 atom stereocenters. The van der Waals surface area contributed by atoms with Gasteiger partial charge < -0.3 is 5.32 Å². The molecule has 0 saturated heterocycles. The number of fused-ring (bicyclic) bond motifs is 1. The van der Waals surface area contributed by atoms with E-state index in [0.717, 1.165) is 18.5 Å². The maximum Gasteiger partial charge on any atom is 0.125 e. The average Bonchev–Trinajstić information content (AvgIpc) is 2.03. The van der Waals surface area contributed by atoms with Gasteiger partial charge >= 0.3 is 0 Å². The van der Waals surface area contributed by atoms with Crippen LogP contribution >= 0.6 is 0 Å². The van der Waals surface area contributed by atoms with Crippen molar-refractivity contribution in [2.24, 2.45) is 0 Å². The molecule has 0 unspecified atom stereocenters. The molecule has 1 nitrogen and oxygen atoms in total. The summed E-state index contributed by atoms with van der Waals surface area (Å²) >= 11 is 0. The number of hydrogen-bond donors (Lipinski definition) is 1. The molecule has 1 aromatic carbocycles. The smallest absolute Gasteiger partial charge is 0.125 e. The predicted octanol–water partition coefficient (Wildman–Crippen LogP) is 2.57. The minimum absolute atomic E-state index is 0.157. The molecular weight excluding hydrogens is 153 g/mol. The van der Waals surface area contributed by atoms with Gasteiger partial charge in [-0.1, -0.05) is 6.07 Å². The number of nitrogens with one attached hydrogen (secondary N) is 1. The second-order valence-corrected chi connectivity index (χ2v) is 3.39. The van der Waals surface area contributed by atoms with E-state index >= 15 is 0 Å². The fourth-order valence-corrected chi connectivity index (χ4v) is 1.61. The van der Waals surface area contributed by atoms with Crippen LogP contribution in [0.4, 0.5) is 10.1 Å². The Morgan fingerprint density at radius 3 is 3.17 bits per heavy atom. The highest BCUT2D eigenvalue weighted by atomic mass is 19.1. The van der Waals surface area contributed by atoms with Gasteiger partial charge in [0.2, 0.25) is 0 Å². The van der Waals surface area contributed by atoms with E-state index in [9.17, 15) is 4.39 Å². The van der Waals surface area contributed by atoms with Crippen LogP contribution in [0.25, 0.3) is 0 Å². The Balaban J connectivity index is 2.37. The van der Waals surface area contributed by atoms with Crippen LogP contribution in [-0.2, 0) is 6.42 Å². The minimum atomic E-state index is -0.157. The summed E-state index contributed by atoms with van der Waals surface area (Å²) in [6.45, 7) is 2.12. The third-order valence-corrected chi connectivity index (χ3v) is 2.32. The summed E-state index contributed by atoms with van der Waals surface area (Å²) in [5.74, 6) is -0.157. The van der Waals surface area contributed by atoms with Gasteiger partial charge in [0.25, 0.3) is 0 Å². The fourth-order valence-electron chi connectivity index (χ4n) is 1.61. The van der Waals surface area contributed by atoms with Crippen LogP contribution in [0.1, 0.15) is 18.9 Å². The maximum atomic E-state index is 12.8. The van der Waals surface area contributed by atoms with Gasteiger partial charge in [-0.15, -0.1) is 0 Å². The molecule has 0 aromatic heterocycles. The Hall–Kier alpha value is -1.05. The lowest BCUT2D eigenvalue weighted by Crippen LogP contribution is -2.21. The summed E-state index contributed by atoms with van der Waals surface area (Å²) in [4.78, 5) is 0. The first-order chi connectivity index (χ1) is 5.75. The van der Waals surface area contributed by atoms with Gasteiger partial charge in [0, 0.05) is 11.7 Å². The van der Waals surface area contributed by atoms with Gasteiger partial charge in [-0.05, 0) is 37.5 Å². The predicted molar refractivity (Wildman–Crippen MR) is 47.8 cm³/mol. The molecule has 1 aliphatic heterocycles. The lowest BCUT2D eigenvalue weighted by molar-refractivity contribution is 0.621. The molecule has 1 aromatic rings. The highest BCUT2D eigenvalue weighted by molar-refractivity contribution is 5.53. The van der Waals surface area contributed by atoms with Crippen molar-refractivity contribution >= 4 is 5.69 Å². The van der Waals surface area contributed by atoms with E-state index in [2.05, 4.69) is 12.2 Å². The van der Waals surface area contributed by atoms with E-state index in [4.69, 9.17) is 0 Å². The lowest BCUT2D eigenvalue weighted by atomic mass is 9.99. The van der Waals surface area contributed by atoms with E-state index in [1.54, 1.807) is 6.07 Å². The number of halogens is 1. The van der Waals surface area contributed by atoms with Crippen molar-refractivity contribution in [1.82, 2.24) is 0 Å². The minimum Gasteiger partial charge on any atom is -0.382 e. The molecule has 12 heavy (non-hydrogen) atoms. The Kier molecular flexibility index (Phi) is 1.75. The normalized spacial score (nSPS) is 21.3. The van der Waals surface area contributed by atoms with Gasteiger partial charge in [0.05, 0.1) is 0 Å². The molecule has 1 heterocycles. The summed E-state index contributed by atoms with van der Waals surface area (Å²) in [7, 11) is 0. The van der Waals surface area contributed by atoms with Crippen molar-refractivity contribution in [2.75, 3.05) is 5.32 Å². The molecule has 0 bridgehead atoms. The van der Waals surface area contributed by atoms with E-state index < -0.39 is 0 Å². The van der Waals surface area contributed by atoms with Gasteiger partial charge in [0.1, 0.15) is 5.82 Å². The van der Waals surface area contributed by atoms with Gasteiger partial charge in [-0.3, -0.25) is 0 Å². The molecule has 2 heteroatoms. The Morgan fingerprint density at radius 2 is 2.33 bits per heavy atom. The Bertz CT molecular complexity index is 296. The zero-order chi connectivity index (χ0) is 8.55. The molecule has 0 radical (unpaired) electrons. The fraction of sp³-hybridized carbons (Fsp3) is 0.400. The lowest BCUT2D eigenvalue weighted by Gasteiger charge is -2.23. The molecule has 1 N–H and O–H groups in total. The SMILES string of the molecule is C[C@H]1CCc2ccc(F)cc2N1. The zero-order valence-electron chi connectivity index (χ0n) is 7.10. The van der Waals surface area contributed by atoms with Crippen LogP contribution in [0.5, 0.6) is 0 Å². The van der Waals surface area contributed by atoms with Crippen molar-refractivity contribution < 1.29 is 4.39 Å². The van der Waals surface area contributed by atoms with Gasteiger partial charge in [-0.25, -0.2) is 4.39 Å². The number of aryl methyl sites for hydroxylation is 1. The first-order valence-corrected chi connectivity index (χ1v) is 4.30. The molecule has 2 rings (SSSR count). The standard InChI is InChI=1S/C10H12FN/c1-7-2-3-8-4-5-9(11)6-10(8)12-7/h4-7,12H,2-3H2,1H3/t7-/m0/s1. The summed E-state index contributed by atoms with van der Waals surface area (Å²) < 4.78 is 12.8. The topological polar surface area (TPSA) is 12.0 Å². The summed E-state index contributed by atoms with van der Waals surface area (Å²) in [5.41, 5.74) is 2.20. The first-order valence-electron chi connectivity index (χ1n) is 4.30. The number of rotatable bonds is 0. The van der Waals surface area contributed by atoms with E-state index in [1.807, 2.05) is 6.07 Å². The first kappa shape index (κ1) is 7.59. The van der Waals surface area contributed by atoms with E-state index in [0.29, 0.717) is 6.04 Å². The second kappa shape index (κ2) is 2.77. The van der Waals surface area contributed by atoms with Crippen LogP contribution in [0.2, 0.25) is 0 Å². The molecule has 0 fully saturated rings. The summed E-state index contributed by atoms with van der Waals surface area (Å²) in [5, 5.41) is 3.26. The van der Waals surface area contributed by atoms with Crippen LogP contribution in [-0.4, -0.2) is 6.04 Å². The molecule has 0 saturated carbocycles. The average molecular weight is 165 g/mol. The molecular formula is C10H12FN. The quantitative estimate of drug-likeness (QED) is 0.623. The summed E-state index contributed by atoms with van der Waals surface area (Å²) in [6, 6.07) is 5.43. The third-order valence-electron chi connectivity index (χ3n) is 2.32. The Morgan fingerprint density at radius 1 is 1.50 bits per heavy atom. The van der Waals surface area contributed by atoms with Crippen molar-refractivity contribution in [2.45, 2.75) is 25.8 Å². The molecule has 0 spiro atoms. The second-order valence-electron chi connectivity index (χ2n) is 3.39. The largest absolute Gasteiger partial charge is 0.382 e. The monoisotopic (exact) mass is 165 g/mol. The summed E-state index contributed by atoms with van der Waals surface area (Å²) in [6.07, 6.45) is 2.20. The molecule has 1 aliphatic rings. The van der Waals surface area contributed by atoms with Crippen molar-refractivity contribution in [3.63, 3.8) is 0 Å². The van der Waals surface area contributed by atoms with Crippen LogP contribution in [0.15, 0.2) is 18.2 Å². The van der Waals surface area contributed by atoms with Crippen LogP contribution < -0.4 is 5.32 Å². The van der Waals surface area contributed by atoms with Crippen molar-refractivity contribution in [3.8, 4) is 0 Å². The Labute approximate surface area is 71.6 Å². The number of anilines is 1. The van der Waals surface area contributed by atoms with Crippen LogP contribution in [0.3, 0.4) is 0 Å². The van der Waals surface area contributed by atoms with Crippen molar-refractivity contribution in [1.29, 1.82) is 0 Å². The van der Waals surface area contributed by atoms with Crippen molar-refractivity contribution in [3.05, 3.63) is 29.6 Å². The number of benzene rings is 1. The van der Waals surface area contributed by atoms with Gasteiger partial charge in [-0.2, -0.15) is 0 Å². The zero-order valence-corrected chi connectivity index (χ0v) is 7.10.